The summed E-state index contributed by atoms with van der Waals surface area (Å²) in [4.78, 5) is 107. The number of carbonyl (C=O) groups is 8. The smallest absolute Gasteiger partial charge is 0.330 e. The molecule has 4 fully saturated rings. The van der Waals surface area contributed by atoms with E-state index >= 15 is 0 Å². The molecule has 0 aliphatic heterocycles. The standard InChI is InChI=1S/C68H91N3O20S/c1-4-7-8-11-32-71(68-70-57-12-9-10-13-59(57)92-68)69-46-53-45-56(90-66(78)51-22-26-54(27-23-51)88-64(76)49-18-14-47(15-19-49)62(74)86-43-39-82-35-33-80-37-41-84-60(72)5-2)30-31-58(53)91-67(79)52-24-28-55(29-25-52)89-65(77)50-20-16-48(17-21-50)63(75)87-44-40-83-36-34-81-38-42-85-61(73)6-3/h5-6,9-10,12-13,30-31,45-52,54-55H,2-4,7-8,11,14-29,32-44H2,1H3/b69-46+. The molecule has 7 rings (SSSR count). The zero-order valence-electron chi connectivity index (χ0n) is 53.1. The van der Waals surface area contributed by atoms with Gasteiger partial charge in [0.2, 0.25) is 5.13 Å². The van der Waals surface area contributed by atoms with E-state index in [4.69, 9.17) is 66.9 Å². The van der Waals surface area contributed by atoms with Gasteiger partial charge in [0, 0.05) is 24.3 Å². The Bertz CT molecular complexity index is 2850. The Morgan fingerprint density at radius 1 is 0.500 bits per heavy atom. The summed E-state index contributed by atoms with van der Waals surface area (Å²) in [5.41, 5.74) is 1.27. The van der Waals surface area contributed by atoms with E-state index in [1.54, 1.807) is 24.4 Å². The lowest BCUT2D eigenvalue weighted by Gasteiger charge is -2.30. The van der Waals surface area contributed by atoms with Crippen LogP contribution in [0.15, 0.2) is 72.9 Å². The van der Waals surface area contributed by atoms with Crippen LogP contribution in [0.1, 0.15) is 141 Å². The molecule has 504 valence electrons. The van der Waals surface area contributed by atoms with Gasteiger partial charge >= 0.3 is 47.8 Å². The summed E-state index contributed by atoms with van der Waals surface area (Å²) in [5, 5.41) is 7.50. The molecule has 92 heavy (non-hydrogen) atoms. The van der Waals surface area contributed by atoms with Crippen molar-refractivity contribution in [3.05, 3.63) is 73.3 Å². The lowest BCUT2D eigenvalue weighted by atomic mass is 9.82. The number of aromatic nitrogens is 1. The van der Waals surface area contributed by atoms with Crippen LogP contribution in [0, 0.1) is 35.5 Å². The number of unbranched alkanes of at least 4 members (excludes halogenated alkanes) is 3. The quantitative estimate of drug-likeness (QED) is 0.00981. The SMILES string of the molecule is C=CC(=O)OCCOCCOCCOC(=O)C1CCC(C(=O)OC2CCC(C(=O)Oc3ccc(OC(=O)C4CCC(OC(=O)C5CCC(C(=O)OCCOCCOCCOC(=O)C=C)CC5)CC4)c(/C=N/N(CCCCCC)c4nc5ccccc5s4)c3)CC2)CC1. The zero-order valence-corrected chi connectivity index (χ0v) is 53.9. The number of para-hydroxylation sites is 1. The molecule has 24 heteroatoms. The van der Waals surface area contributed by atoms with E-state index < -0.39 is 35.7 Å². The van der Waals surface area contributed by atoms with Crippen molar-refractivity contribution in [2.75, 3.05) is 90.8 Å². The molecule has 0 radical (unpaired) electrons. The van der Waals surface area contributed by atoms with Crippen LogP contribution in [0.25, 0.3) is 10.2 Å². The van der Waals surface area contributed by atoms with Crippen molar-refractivity contribution in [1.29, 1.82) is 0 Å². The van der Waals surface area contributed by atoms with E-state index in [9.17, 15) is 38.4 Å². The Morgan fingerprint density at radius 2 is 0.924 bits per heavy atom. The number of anilines is 1. The second-order valence-corrected chi connectivity index (χ2v) is 24.4. The Morgan fingerprint density at radius 3 is 1.39 bits per heavy atom. The Balaban J connectivity index is 0.852. The van der Waals surface area contributed by atoms with Crippen molar-refractivity contribution < 1.29 is 95.2 Å². The monoisotopic (exact) mass is 1300 g/mol. The van der Waals surface area contributed by atoms with Crippen LogP contribution in [-0.2, 0) is 85.7 Å². The summed E-state index contributed by atoms with van der Waals surface area (Å²) in [7, 11) is 0. The number of hydrogen-bond acceptors (Lipinski definition) is 24. The van der Waals surface area contributed by atoms with Gasteiger partial charge in [-0.2, -0.15) is 5.10 Å². The predicted molar refractivity (Wildman–Crippen MR) is 338 cm³/mol. The van der Waals surface area contributed by atoms with Gasteiger partial charge in [-0.25, -0.2) is 19.6 Å². The molecule has 2 aromatic carbocycles. The van der Waals surface area contributed by atoms with Crippen molar-refractivity contribution in [3.63, 3.8) is 0 Å². The molecule has 0 saturated heterocycles. The summed E-state index contributed by atoms with van der Waals surface area (Å²) >= 11 is 1.53. The molecule has 0 bridgehead atoms. The number of carbonyl (C=O) groups excluding carboxylic acids is 8. The number of benzene rings is 2. The number of fused-ring (bicyclic) bond motifs is 1. The maximum absolute atomic E-state index is 14.0. The highest BCUT2D eigenvalue weighted by Gasteiger charge is 2.37. The lowest BCUT2D eigenvalue weighted by molar-refractivity contribution is -0.161. The van der Waals surface area contributed by atoms with Crippen molar-refractivity contribution >= 4 is 80.7 Å². The number of rotatable bonds is 38. The average Bonchev–Trinajstić information content (AvgIpc) is 1.61. The highest BCUT2D eigenvalue weighted by atomic mass is 32.1. The normalized spacial score (nSPS) is 21.5. The third kappa shape index (κ3) is 24.7. The molecule has 4 saturated carbocycles. The molecule has 4 aliphatic carbocycles. The first-order valence-corrected chi connectivity index (χ1v) is 33.5. The van der Waals surface area contributed by atoms with Gasteiger partial charge in [0.05, 0.1) is 105 Å². The van der Waals surface area contributed by atoms with Crippen molar-refractivity contribution in [2.45, 2.75) is 148 Å². The fourth-order valence-electron chi connectivity index (χ4n) is 11.5. The second-order valence-electron chi connectivity index (χ2n) is 23.4. The van der Waals surface area contributed by atoms with Gasteiger partial charge in [0.25, 0.3) is 0 Å². The molecular formula is C68H91N3O20S. The van der Waals surface area contributed by atoms with E-state index in [0.717, 1.165) is 48.1 Å². The van der Waals surface area contributed by atoms with E-state index in [0.29, 0.717) is 140 Å². The number of esters is 8. The topological polar surface area (TPSA) is 276 Å². The molecule has 23 nitrogen and oxygen atoms in total. The molecule has 0 unspecified atom stereocenters. The number of hydrazone groups is 1. The maximum atomic E-state index is 14.0. The van der Waals surface area contributed by atoms with Crippen LogP contribution in [-0.4, -0.2) is 157 Å². The minimum atomic E-state index is -0.515. The fraction of sp³-hybridized carbons (Fsp3) is 0.618. The maximum Gasteiger partial charge on any atom is 0.330 e. The fourth-order valence-corrected chi connectivity index (χ4v) is 12.4. The zero-order chi connectivity index (χ0) is 65.3. The second kappa shape index (κ2) is 40.1. The van der Waals surface area contributed by atoms with Gasteiger partial charge in [-0.1, -0.05) is 62.8 Å². The lowest BCUT2D eigenvalue weighted by Crippen LogP contribution is -2.33. The van der Waals surface area contributed by atoms with Gasteiger partial charge in [-0.05, 0) is 139 Å². The summed E-state index contributed by atoms with van der Waals surface area (Å²) in [6.07, 6.45) is 14.9. The van der Waals surface area contributed by atoms with Crippen LogP contribution in [0.2, 0.25) is 0 Å². The molecular weight excluding hydrogens is 1210 g/mol. The van der Waals surface area contributed by atoms with E-state index in [2.05, 4.69) is 20.1 Å². The van der Waals surface area contributed by atoms with Gasteiger partial charge in [-0.3, -0.25) is 28.8 Å². The van der Waals surface area contributed by atoms with Crippen molar-refractivity contribution in [3.8, 4) is 11.5 Å². The van der Waals surface area contributed by atoms with Crippen LogP contribution in [0.4, 0.5) is 5.13 Å². The third-order valence-electron chi connectivity index (χ3n) is 16.8. The first kappa shape index (κ1) is 72.3. The third-order valence-corrected chi connectivity index (χ3v) is 17.9. The highest BCUT2D eigenvalue weighted by molar-refractivity contribution is 7.22. The van der Waals surface area contributed by atoms with Crippen LogP contribution in [0.5, 0.6) is 11.5 Å². The Hall–Kier alpha value is -7.12. The number of hydrogen-bond donors (Lipinski definition) is 0. The Kier molecular flexibility index (Phi) is 31.5. The minimum absolute atomic E-state index is 0.0974. The molecule has 4 aliphatic rings. The van der Waals surface area contributed by atoms with Crippen LogP contribution < -0.4 is 14.5 Å². The molecule has 1 heterocycles. The first-order chi connectivity index (χ1) is 44.8. The van der Waals surface area contributed by atoms with E-state index in [-0.39, 0.29) is 131 Å². The van der Waals surface area contributed by atoms with Crippen LogP contribution in [0.3, 0.4) is 0 Å². The molecule has 0 atom stereocenters. The molecule has 3 aromatic rings. The van der Waals surface area contributed by atoms with Gasteiger partial charge in [0.1, 0.15) is 50.1 Å². The largest absolute Gasteiger partial charge is 0.463 e. The van der Waals surface area contributed by atoms with Crippen molar-refractivity contribution in [2.24, 2.45) is 40.6 Å². The van der Waals surface area contributed by atoms with Gasteiger partial charge < -0.3 is 56.8 Å². The van der Waals surface area contributed by atoms with E-state index in [1.807, 2.05) is 29.3 Å². The Labute approximate surface area is 542 Å². The first-order valence-electron chi connectivity index (χ1n) is 32.7. The molecule has 0 amide bonds. The van der Waals surface area contributed by atoms with Crippen molar-refractivity contribution in [1.82, 2.24) is 4.98 Å². The molecule has 0 spiro atoms. The summed E-state index contributed by atoms with van der Waals surface area (Å²) < 4.78 is 67.3. The van der Waals surface area contributed by atoms with Gasteiger partial charge in [0.15, 0.2) is 0 Å². The highest BCUT2D eigenvalue weighted by Crippen LogP contribution is 2.37. The average molecular weight is 1300 g/mol. The number of nitrogens with zero attached hydrogens (tertiary/aromatic N) is 3. The number of ether oxygens (including phenoxy) is 12. The number of thiazole rings is 1. The predicted octanol–water partition coefficient (Wildman–Crippen LogP) is 9.96. The van der Waals surface area contributed by atoms with Crippen LogP contribution >= 0.6 is 11.3 Å². The molecule has 0 N–H and O–H groups in total. The molecule has 1 aromatic heterocycles. The van der Waals surface area contributed by atoms with Gasteiger partial charge in [-0.15, -0.1) is 0 Å². The summed E-state index contributed by atoms with van der Waals surface area (Å²) in [5.74, 6) is -4.80. The minimum Gasteiger partial charge on any atom is -0.463 e. The van der Waals surface area contributed by atoms with E-state index in [1.165, 1.54) is 11.3 Å². The summed E-state index contributed by atoms with van der Waals surface area (Å²) in [6, 6.07) is 12.7. The summed E-state index contributed by atoms with van der Waals surface area (Å²) in [6.45, 7) is 11.9.